The van der Waals surface area contributed by atoms with Crippen LogP contribution in [-0.4, -0.2) is 5.11 Å². The molecule has 0 aliphatic carbocycles. The number of phenolic OH excluding ortho intramolecular Hbond substituents is 1. The normalized spacial score (nSPS) is 11.9. The third kappa shape index (κ3) is 1.73. The summed E-state index contributed by atoms with van der Waals surface area (Å²) in [6.07, 6.45) is -4.70. The Labute approximate surface area is 86.7 Å². The summed E-state index contributed by atoms with van der Waals surface area (Å²) in [5, 5.41) is 8.99. The maximum Gasteiger partial charge on any atom is 0.449 e. The average molecular weight is 230 g/mol. The zero-order valence-electron chi connectivity index (χ0n) is 7.71. The molecule has 0 aliphatic rings. The third-order valence-electron chi connectivity index (χ3n) is 1.99. The Morgan fingerprint density at radius 2 is 1.88 bits per heavy atom. The molecule has 16 heavy (non-hydrogen) atoms. The molecule has 1 aromatic heterocycles. The van der Waals surface area contributed by atoms with Crippen LogP contribution >= 0.6 is 0 Å². The second kappa shape index (κ2) is 3.26. The van der Waals surface area contributed by atoms with Crippen molar-refractivity contribution < 1.29 is 22.7 Å². The lowest BCUT2D eigenvalue weighted by atomic mass is 10.2. The largest absolute Gasteiger partial charge is 0.508 e. The molecule has 0 aliphatic heterocycles. The average Bonchev–Trinajstić information content (AvgIpc) is 2.17. The molecule has 0 atom stereocenters. The lowest BCUT2D eigenvalue weighted by Gasteiger charge is -2.06. The second-order valence-electron chi connectivity index (χ2n) is 3.15. The fourth-order valence-corrected chi connectivity index (χ4v) is 1.28. The summed E-state index contributed by atoms with van der Waals surface area (Å²) in [4.78, 5) is 11.3. The molecule has 2 rings (SSSR count). The van der Waals surface area contributed by atoms with Crippen LogP contribution in [0.4, 0.5) is 13.2 Å². The molecular formula is C10H5F3O3. The van der Waals surface area contributed by atoms with Crippen molar-refractivity contribution in [3.63, 3.8) is 0 Å². The Hall–Kier alpha value is -1.98. The maximum absolute atomic E-state index is 12.3. The van der Waals surface area contributed by atoms with E-state index in [1.54, 1.807) is 0 Å². The van der Waals surface area contributed by atoms with Crippen LogP contribution in [0.1, 0.15) is 5.76 Å². The van der Waals surface area contributed by atoms with Gasteiger partial charge in [0.1, 0.15) is 11.3 Å². The van der Waals surface area contributed by atoms with Gasteiger partial charge in [-0.1, -0.05) is 0 Å². The topological polar surface area (TPSA) is 50.4 Å². The first kappa shape index (κ1) is 10.5. The molecule has 0 unspecified atom stereocenters. The van der Waals surface area contributed by atoms with Gasteiger partial charge >= 0.3 is 6.18 Å². The van der Waals surface area contributed by atoms with Gasteiger partial charge in [-0.3, -0.25) is 4.79 Å². The summed E-state index contributed by atoms with van der Waals surface area (Å²) >= 11 is 0. The van der Waals surface area contributed by atoms with E-state index in [0.29, 0.717) is 6.07 Å². The van der Waals surface area contributed by atoms with E-state index in [1.807, 2.05) is 0 Å². The van der Waals surface area contributed by atoms with E-state index in [9.17, 15) is 18.0 Å². The summed E-state index contributed by atoms with van der Waals surface area (Å²) in [5.41, 5.74) is -1.05. The molecule has 84 valence electrons. The molecule has 0 saturated heterocycles. The van der Waals surface area contributed by atoms with Gasteiger partial charge in [-0.2, -0.15) is 13.2 Å². The van der Waals surface area contributed by atoms with Gasteiger partial charge in [0.2, 0.25) is 5.76 Å². The zero-order valence-corrected chi connectivity index (χ0v) is 7.71. The molecule has 6 heteroatoms. The first-order chi connectivity index (χ1) is 7.38. The highest BCUT2D eigenvalue weighted by atomic mass is 19.4. The first-order valence-electron chi connectivity index (χ1n) is 4.22. The van der Waals surface area contributed by atoms with Gasteiger partial charge in [0.05, 0.1) is 5.39 Å². The van der Waals surface area contributed by atoms with Crippen molar-refractivity contribution in [2.75, 3.05) is 0 Å². The van der Waals surface area contributed by atoms with Gasteiger partial charge in [-0.05, 0) is 18.2 Å². The predicted molar refractivity (Wildman–Crippen MR) is 49.2 cm³/mol. The molecule has 1 N–H and O–H groups in total. The summed E-state index contributed by atoms with van der Waals surface area (Å²) < 4.78 is 41.4. The van der Waals surface area contributed by atoms with Crippen molar-refractivity contribution in [2.45, 2.75) is 6.18 Å². The SMILES string of the molecule is O=c1cc(C(F)(F)F)oc2ccc(O)cc12. The smallest absolute Gasteiger partial charge is 0.449 e. The number of alkyl halides is 3. The lowest BCUT2D eigenvalue weighted by molar-refractivity contribution is -0.152. The van der Waals surface area contributed by atoms with Crippen LogP contribution in [0, 0.1) is 0 Å². The number of halogens is 3. The van der Waals surface area contributed by atoms with Crippen LogP contribution in [0.5, 0.6) is 5.75 Å². The van der Waals surface area contributed by atoms with Crippen LogP contribution < -0.4 is 5.43 Å². The molecule has 2 aromatic rings. The molecule has 1 heterocycles. The monoisotopic (exact) mass is 230 g/mol. The highest BCUT2D eigenvalue weighted by Crippen LogP contribution is 2.30. The fraction of sp³-hybridized carbons (Fsp3) is 0.100. The number of benzene rings is 1. The Bertz CT molecular complexity index is 598. The second-order valence-corrected chi connectivity index (χ2v) is 3.15. The Morgan fingerprint density at radius 3 is 2.50 bits per heavy atom. The number of hydrogen-bond acceptors (Lipinski definition) is 3. The number of rotatable bonds is 0. The highest BCUT2D eigenvalue weighted by Gasteiger charge is 2.34. The quantitative estimate of drug-likeness (QED) is 0.756. The Balaban J connectivity index is 2.79. The maximum atomic E-state index is 12.3. The molecule has 0 radical (unpaired) electrons. The highest BCUT2D eigenvalue weighted by molar-refractivity contribution is 5.78. The molecule has 0 bridgehead atoms. The van der Waals surface area contributed by atoms with Crippen LogP contribution in [0.25, 0.3) is 11.0 Å². The van der Waals surface area contributed by atoms with Crippen molar-refractivity contribution in [2.24, 2.45) is 0 Å². The van der Waals surface area contributed by atoms with Crippen molar-refractivity contribution in [1.82, 2.24) is 0 Å². The Kier molecular flexibility index (Phi) is 2.15. The predicted octanol–water partition coefficient (Wildman–Crippen LogP) is 2.52. The van der Waals surface area contributed by atoms with E-state index in [2.05, 4.69) is 4.42 Å². The minimum absolute atomic E-state index is 0.0898. The van der Waals surface area contributed by atoms with E-state index in [-0.39, 0.29) is 16.7 Å². The summed E-state index contributed by atoms with van der Waals surface area (Å²) in [6.45, 7) is 0. The van der Waals surface area contributed by atoms with Crippen LogP contribution in [0.3, 0.4) is 0 Å². The lowest BCUT2D eigenvalue weighted by Crippen LogP contribution is -2.10. The Morgan fingerprint density at radius 1 is 1.19 bits per heavy atom. The molecule has 0 saturated carbocycles. The van der Waals surface area contributed by atoms with E-state index < -0.39 is 17.4 Å². The minimum Gasteiger partial charge on any atom is -0.508 e. The van der Waals surface area contributed by atoms with E-state index in [0.717, 1.165) is 18.2 Å². The van der Waals surface area contributed by atoms with E-state index >= 15 is 0 Å². The van der Waals surface area contributed by atoms with Crippen LogP contribution in [0.2, 0.25) is 0 Å². The molecular weight excluding hydrogens is 225 g/mol. The van der Waals surface area contributed by atoms with E-state index in [1.165, 1.54) is 0 Å². The van der Waals surface area contributed by atoms with E-state index in [4.69, 9.17) is 5.11 Å². The number of hydrogen-bond donors (Lipinski definition) is 1. The van der Waals surface area contributed by atoms with Gasteiger partial charge in [0, 0.05) is 6.07 Å². The van der Waals surface area contributed by atoms with Gasteiger partial charge in [-0.25, -0.2) is 0 Å². The number of fused-ring (bicyclic) bond motifs is 1. The fourth-order valence-electron chi connectivity index (χ4n) is 1.28. The molecule has 0 fully saturated rings. The number of aromatic hydroxyl groups is 1. The minimum atomic E-state index is -4.70. The molecule has 3 nitrogen and oxygen atoms in total. The zero-order chi connectivity index (χ0) is 11.9. The van der Waals surface area contributed by atoms with Crippen LogP contribution in [0.15, 0.2) is 33.5 Å². The third-order valence-corrected chi connectivity index (χ3v) is 1.99. The van der Waals surface area contributed by atoms with Gasteiger partial charge in [-0.15, -0.1) is 0 Å². The van der Waals surface area contributed by atoms with Crippen molar-refractivity contribution in [3.05, 3.63) is 40.2 Å². The van der Waals surface area contributed by atoms with Crippen molar-refractivity contribution in [1.29, 1.82) is 0 Å². The summed E-state index contributed by atoms with van der Waals surface area (Å²) in [7, 11) is 0. The molecule has 0 spiro atoms. The van der Waals surface area contributed by atoms with Gasteiger partial charge in [0.25, 0.3) is 0 Å². The van der Waals surface area contributed by atoms with Crippen molar-refractivity contribution in [3.8, 4) is 5.75 Å². The number of phenols is 1. The first-order valence-corrected chi connectivity index (χ1v) is 4.22. The molecule has 1 aromatic carbocycles. The van der Waals surface area contributed by atoms with Gasteiger partial charge < -0.3 is 9.52 Å². The van der Waals surface area contributed by atoms with Gasteiger partial charge in [0.15, 0.2) is 5.43 Å². The standard InChI is InChI=1S/C10H5F3O3/c11-10(12,13)9-4-7(15)6-3-5(14)1-2-8(6)16-9/h1-4,14H. The van der Waals surface area contributed by atoms with Crippen LogP contribution in [-0.2, 0) is 6.18 Å². The summed E-state index contributed by atoms with van der Waals surface area (Å²) in [6, 6.07) is 3.68. The summed E-state index contributed by atoms with van der Waals surface area (Å²) in [5.74, 6) is -1.56. The molecule has 0 amide bonds. The van der Waals surface area contributed by atoms with Crippen molar-refractivity contribution >= 4 is 11.0 Å².